The minimum atomic E-state index is -3.95. The number of hydrogen-bond donors (Lipinski definition) is 2. The van der Waals surface area contributed by atoms with E-state index in [2.05, 4.69) is 68.2 Å². The van der Waals surface area contributed by atoms with Crippen molar-refractivity contribution < 1.29 is 39.5 Å². The SMILES string of the molecule is C.CCc1cc(-c2cc(F)c(CS(=O)(=O)c3ccccc3Cl)nc2OC)cc2cnc(F)nc12.CCc1cc(-c2cc(F)c(CS(=O)(=O)c3ccccc3Cl)nc2OC)cc2cnc(NC3CCC(N(C)C)CC3)nc12.CN(C)C1CCC(N)CC1. The van der Waals surface area contributed by atoms with Crippen molar-refractivity contribution in [3.8, 4) is 34.0 Å². The van der Waals surface area contributed by atoms with Gasteiger partial charge >= 0.3 is 6.08 Å². The minimum Gasteiger partial charge on any atom is -0.481 e. The summed E-state index contributed by atoms with van der Waals surface area (Å²) in [6.07, 6.45) is 12.9. The van der Waals surface area contributed by atoms with Crippen LogP contribution in [-0.2, 0) is 44.0 Å². The molecule has 2 saturated carbocycles. The smallest absolute Gasteiger partial charge is 0.309 e. The van der Waals surface area contributed by atoms with Crippen LogP contribution in [0.25, 0.3) is 44.1 Å². The lowest BCUT2D eigenvalue weighted by molar-refractivity contribution is 0.217. The van der Waals surface area contributed by atoms with Crippen LogP contribution in [0.3, 0.4) is 0 Å². The molecule has 8 aromatic rings. The molecule has 2 aliphatic rings. The molecule has 2 fully saturated rings. The fourth-order valence-corrected chi connectivity index (χ4v) is 14.4. The lowest BCUT2D eigenvalue weighted by Crippen LogP contribution is -2.36. The maximum Gasteiger partial charge on any atom is 0.309 e. The molecule has 0 radical (unpaired) electrons. The molecule has 460 valence electrons. The van der Waals surface area contributed by atoms with Gasteiger partial charge < -0.3 is 30.3 Å². The molecule has 4 heterocycles. The Bertz CT molecular complexity index is 3910. The van der Waals surface area contributed by atoms with Crippen LogP contribution in [0.4, 0.5) is 19.1 Å². The Balaban J connectivity index is 0.000000213. The molecule has 3 N–H and O–H groups in total. The van der Waals surface area contributed by atoms with Gasteiger partial charge in [-0.3, -0.25) is 0 Å². The van der Waals surface area contributed by atoms with Gasteiger partial charge in [-0.1, -0.05) is 68.7 Å². The quantitative estimate of drug-likeness (QED) is 0.0862. The topological polar surface area (TPSA) is 209 Å². The molecule has 4 aromatic heterocycles. The number of nitrogens with one attached hydrogen (secondary N) is 1. The Hall–Kier alpha value is -6.59. The molecule has 4 aromatic carbocycles. The molecule has 0 aliphatic heterocycles. The van der Waals surface area contributed by atoms with E-state index in [4.69, 9.17) is 43.4 Å². The number of halogens is 5. The second kappa shape index (κ2) is 29.4. The predicted octanol–water partition coefficient (Wildman–Crippen LogP) is 12.9. The van der Waals surface area contributed by atoms with E-state index in [-0.39, 0.29) is 50.4 Å². The first-order valence-electron chi connectivity index (χ1n) is 28.0. The highest BCUT2D eigenvalue weighted by Gasteiger charge is 2.28. The van der Waals surface area contributed by atoms with Gasteiger partial charge in [-0.25, -0.2) is 55.5 Å². The van der Waals surface area contributed by atoms with Gasteiger partial charge in [0, 0.05) is 58.5 Å². The molecule has 10 rings (SSSR count). The van der Waals surface area contributed by atoms with E-state index in [1.807, 2.05) is 26.0 Å². The van der Waals surface area contributed by atoms with E-state index in [0.29, 0.717) is 70.1 Å². The number of rotatable bonds is 16. The third kappa shape index (κ3) is 16.1. The number of pyridine rings is 2. The average Bonchev–Trinajstić information content (AvgIpc) is 1.95. The summed E-state index contributed by atoms with van der Waals surface area (Å²) in [5, 5.41) is 5.01. The summed E-state index contributed by atoms with van der Waals surface area (Å²) in [6, 6.07) is 23.9. The highest BCUT2D eigenvalue weighted by atomic mass is 35.5. The Morgan fingerprint density at radius 3 is 1.43 bits per heavy atom. The van der Waals surface area contributed by atoms with Gasteiger partial charge in [0.25, 0.3) is 0 Å². The summed E-state index contributed by atoms with van der Waals surface area (Å²) in [7, 11) is 3.45. The number of aromatic nitrogens is 6. The maximum atomic E-state index is 15.4. The zero-order valence-electron chi connectivity index (χ0n) is 48.8. The number of ether oxygens (including phenoxy) is 2. The van der Waals surface area contributed by atoms with Gasteiger partial charge in [-0.05, 0) is 175 Å². The van der Waals surface area contributed by atoms with E-state index in [1.165, 1.54) is 88.6 Å². The third-order valence-electron chi connectivity index (χ3n) is 15.5. The van der Waals surface area contributed by atoms with Crippen molar-refractivity contribution in [2.45, 2.75) is 131 Å². The van der Waals surface area contributed by atoms with E-state index >= 15 is 8.78 Å². The van der Waals surface area contributed by atoms with Gasteiger partial charge in [-0.15, -0.1) is 0 Å². The number of benzene rings is 4. The number of fused-ring (bicyclic) bond motifs is 2. The lowest BCUT2D eigenvalue weighted by Gasteiger charge is -2.32. The first kappa shape index (κ1) is 66.9. The normalized spacial score (nSPS) is 17.1. The standard InChI is InChI=1S/C31H35ClFN5O3S.C23H18ClF2N3O3S.C8H18N2.CH4/c1-5-19-14-20(15-21-17-34-31(37-29(19)21)35-22-10-12-23(13-11-22)38(2)3)24-16-26(33)27(36-30(24)41-4)18-42(39,40)28-9-7-6-8-25(28)32;1-3-13-8-14(9-15-11-27-23(26)29-21(13)15)16-10-18(25)19(28-22(16)32-2)12-33(30,31)20-7-5-4-6-17(20)24;1-10(2)8-5-3-7(9)4-6-8;/h6-9,14-17,22-23H,5,10-13,18H2,1-4H3,(H,34,35,37);4-11H,3,12H2,1-2H3;7-8H,3-6,9H2,1-2H3;1H4. The summed E-state index contributed by atoms with van der Waals surface area (Å²) in [4.78, 5) is 29.7. The summed E-state index contributed by atoms with van der Waals surface area (Å²) in [5.41, 5.74) is 10.2. The zero-order valence-corrected chi connectivity index (χ0v) is 52.0. The van der Waals surface area contributed by atoms with Gasteiger partial charge in [0.1, 0.15) is 23.1 Å². The fraction of sp³-hybridized carbons (Fsp3) is 0.397. The van der Waals surface area contributed by atoms with E-state index in [0.717, 1.165) is 53.8 Å². The van der Waals surface area contributed by atoms with E-state index in [9.17, 15) is 21.2 Å². The van der Waals surface area contributed by atoms with E-state index in [1.54, 1.807) is 36.5 Å². The number of nitrogens with zero attached hydrogens (tertiary/aromatic N) is 8. The summed E-state index contributed by atoms with van der Waals surface area (Å²) < 4.78 is 106. The van der Waals surface area contributed by atoms with Crippen LogP contribution in [0.2, 0.25) is 10.0 Å². The number of sulfone groups is 2. The third-order valence-corrected chi connectivity index (χ3v) is 19.8. The van der Waals surface area contributed by atoms with Crippen LogP contribution < -0.4 is 20.5 Å². The molecule has 0 spiro atoms. The summed E-state index contributed by atoms with van der Waals surface area (Å²) >= 11 is 12.1. The van der Waals surface area contributed by atoms with Gasteiger partial charge in [0.2, 0.25) is 17.7 Å². The van der Waals surface area contributed by atoms with Crippen LogP contribution in [0.5, 0.6) is 11.8 Å². The van der Waals surface area contributed by atoms with E-state index < -0.39 is 48.9 Å². The zero-order chi connectivity index (χ0) is 61.3. The Labute approximate surface area is 513 Å². The molecule has 86 heavy (non-hydrogen) atoms. The first-order chi connectivity index (χ1) is 40.5. The van der Waals surface area contributed by atoms with Crippen molar-refractivity contribution in [1.82, 2.24) is 39.7 Å². The monoisotopic (exact) mass is 1260 g/mol. The number of nitrogens with two attached hydrogens (primary N) is 1. The van der Waals surface area contributed by atoms with Crippen molar-refractivity contribution in [1.29, 1.82) is 0 Å². The van der Waals surface area contributed by atoms with Crippen LogP contribution in [0, 0.1) is 17.7 Å². The minimum absolute atomic E-state index is 0. The van der Waals surface area contributed by atoms with Crippen molar-refractivity contribution in [2.24, 2.45) is 5.73 Å². The van der Waals surface area contributed by atoms with Crippen molar-refractivity contribution in [3.63, 3.8) is 0 Å². The van der Waals surface area contributed by atoms with Crippen LogP contribution in [0.1, 0.15) is 95.2 Å². The fourth-order valence-electron chi connectivity index (χ4n) is 10.7. The molecular weight excluding hydrogens is 1180 g/mol. The van der Waals surface area contributed by atoms with Gasteiger partial charge in [0.05, 0.1) is 56.5 Å². The van der Waals surface area contributed by atoms with Crippen LogP contribution >= 0.6 is 23.2 Å². The highest BCUT2D eigenvalue weighted by molar-refractivity contribution is 7.91. The van der Waals surface area contributed by atoms with Crippen LogP contribution in [-0.4, -0.2) is 123 Å². The van der Waals surface area contributed by atoms with Crippen molar-refractivity contribution in [3.05, 3.63) is 148 Å². The number of aryl methyl sites for hydroxylation is 2. The largest absolute Gasteiger partial charge is 0.481 e. The molecule has 16 nitrogen and oxygen atoms in total. The second-order valence-electron chi connectivity index (χ2n) is 21.7. The highest BCUT2D eigenvalue weighted by Crippen LogP contribution is 2.38. The molecular formula is C63H75Cl2F3N10O6S2. The maximum absolute atomic E-state index is 15.4. The predicted molar refractivity (Wildman–Crippen MR) is 336 cm³/mol. The molecule has 23 heteroatoms. The van der Waals surface area contributed by atoms with Crippen molar-refractivity contribution in [2.75, 3.05) is 47.7 Å². The van der Waals surface area contributed by atoms with Crippen molar-refractivity contribution >= 4 is 70.6 Å². The molecule has 0 saturated heterocycles. The summed E-state index contributed by atoms with van der Waals surface area (Å²) in [5.74, 6) is -2.14. The molecule has 0 unspecified atom stereocenters. The first-order valence-corrected chi connectivity index (χ1v) is 32.1. The Morgan fingerprint density at radius 1 is 0.593 bits per heavy atom. The Kier molecular flexibility index (Phi) is 22.9. The molecule has 2 aliphatic carbocycles. The lowest BCUT2D eigenvalue weighted by atomic mass is 9.90. The Morgan fingerprint density at radius 2 is 1.01 bits per heavy atom. The van der Waals surface area contributed by atoms with Gasteiger partial charge in [-0.2, -0.15) is 4.39 Å². The number of hydrogen-bond acceptors (Lipinski definition) is 16. The van der Waals surface area contributed by atoms with Gasteiger partial charge in [0.15, 0.2) is 19.7 Å². The second-order valence-corrected chi connectivity index (χ2v) is 26.4. The molecule has 0 bridgehead atoms. The number of methoxy groups -OCH3 is 2. The summed E-state index contributed by atoms with van der Waals surface area (Å²) in [6.45, 7) is 3.92. The molecule has 0 amide bonds. The molecule has 0 atom stereocenters. The average molecular weight is 1260 g/mol. The van der Waals surface area contributed by atoms with Crippen LogP contribution in [0.15, 0.2) is 107 Å². The number of anilines is 1.